The van der Waals surface area contributed by atoms with Crippen LogP contribution in [0, 0.1) is 23.7 Å². The third-order valence-corrected chi connectivity index (χ3v) is 70.7. The minimum atomic E-state index is -5.42. The van der Waals surface area contributed by atoms with Crippen LogP contribution in [0.4, 0.5) is 0 Å². The van der Waals surface area contributed by atoms with Crippen molar-refractivity contribution in [2.24, 2.45) is 23.7 Å². The van der Waals surface area contributed by atoms with Crippen molar-refractivity contribution in [3.8, 4) is 0 Å². The Labute approximate surface area is 707 Å². The van der Waals surface area contributed by atoms with Crippen LogP contribution in [0.1, 0.15) is 103 Å². The summed E-state index contributed by atoms with van der Waals surface area (Å²) >= 11 is 0. The number of benzene rings is 8. The molecule has 0 spiro atoms. The van der Waals surface area contributed by atoms with E-state index in [-0.39, 0.29) is 0 Å². The van der Waals surface area contributed by atoms with E-state index in [0.29, 0.717) is 82.9 Å². The van der Waals surface area contributed by atoms with Gasteiger partial charge in [0.05, 0.1) is 48.8 Å². The molecule has 0 aromatic heterocycles. The molecule has 117 heavy (non-hydrogen) atoms. The molecule has 10 fully saturated rings. The highest BCUT2D eigenvalue weighted by Crippen LogP contribution is 2.48. The van der Waals surface area contributed by atoms with Crippen molar-refractivity contribution in [1.82, 2.24) is 0 Å². The van der Waals surface area contributed by atoms with Gasteiger partial charge in [-0.2, -0.15) is 0 Å². The first kappa shape index (κ1) is 83.6. The standard InChI is InChI=1S/C88H116O17Si12/c1-108(2,61-57-69-49-53-81-85(65-69)89-81)97-112(75-37-21-11-22-38-75)93-106(73-33-17-9-18-34-73)94-113(76-39-23-12-24-40-76,98-109(3,4)62-58-70-50-54-82-86(66-70)90-82)102-116(101-112,79-45-29-15-30-46-79)105-117(80-47-31-16-32-48-80)103-114(77-41-25-13-26-42-77,99-110(5,6)63-59-71-51-55-83-87(67-71)91-83)95-107(74-35-19-10-20-36-74)96-115(104-117,78-43-27-14-28-44-78)100-111(7,8)64-60-72-52-56-84-88(68-72)92-84/h9-48,69-72,81-88H,49-68H2,1-8H3. The molecule has 8 aromatic rings. The fourth-order valence-electron chi connectivity index (χ4n) is 18.9. The maximum Gasteiger partial charge on any atom is 0.515 e. The molecule has 0 amide bonds. The van der Waals surface area contributed by atoms with E-state index in [4.69, 9.17) is 68.3 Å². The van der Waals surface area contributed by atoms with E-state index in [0.717, 1.165) is 158 Å². The lowest BCUT2D eigenvalue weighted by atomic mass is 9.88. The molecule has 8 aromatic carbocycles. The minimum absolute atomic E-state index is 0.323. The first-order valence-electron chi connectivity index (χ1n) is 43.4. The molecular weight excluding hydrogens is 1670 g/mol. The monoisotopic (exact) mass is 1780 g/mol. The number of rotatable bonds is 30. The van der Waals surface area contributed by atoms with Crippen molar-refractivity contribution in [2.45, 2.75) is 228 Å². The molecule has 0 bridgehead atoms. The Morgan fingerprint density at radius 1 is 0.256 bits per heavy atom. The fourth-order valence-corrected chi connectivity index (χ4v) is 73.4. The van der Waals surface area contributed by atoms with Gasteiger partial charge in [-0.05, 0) is 188 Å². The topological polar surface area (TPSA) is 170 Å². The molecule has 18 rings (SSSR count). The highest BCUT2D eigenvalue weighted by atomic mass is 28.6. The third-order valence-electron chi connectivity index (χ3n) is 25.7. The zero-order valence-corrected chi connectivity index (χ0v) is 81.1. The first-order valence-corrected chi connectivity index (χ1v) is 68.8. The smallest absolute Gasteiger partial charge is 0.413 e. The number of fused-ring (bicyclic) bond motifs is 4. The van der Waals surface area contributed by atoms with Crippen molar-refractivity contribution in [2.75, 3.05) is 0 Å². The van der Waals surface area contributed by atoms with Crippen molar-refractivity contribution in [3.05, 3.63) is 243 Å². The molecule has 618 valence electrons. The van der Waals surface area contributed by atoms with Crippen molar-refractivity contribution in [1.29, 1.82) is 0 Å². The van der Waals surface area contributed by atoms with Crippen LogP contribution in [0.2, 0.25) is 76.6 Å². The average Bonchev–Trinajstić information content (AvgIpc) is 1.51. The van der Waals surface area contributed by atoms with Crippen molar-refractivity contribution < 1.29 is 72.4 Å². The molecule has 29 heteroatoms. The Morgan fingerprint density at radius 2 is 0.453 bits per heavy atom. The predicted molar refractivity (Wildman–Crippen MR) is 480 cm³/mol. The summed E-state index contributed by atoms with van der Waals surface area (Å²) in [5.41, 5.74) is 0. The van der Waals surface area contributed by atoms with Gasteiger partial charge in [0.2, 0.25) is 0 Å². The Hall–Kier alpha value is -4.32. The van der Waals surface area contributed by atoms with Crippen molar-refractivity contribution >= 4 is 146 Å². The Kier molecular flexibility index (Phi) is 24.8. The van der Waals surface area contributed by atoms with Gasteiger partial charge in [0, 0.05) is 31.1 Å². The van der Waals surface area contributed by atoms with Crippen molar-refractivity contribution in [3.63, 3.8) is 0 Å². The van der Waals surface area contributed by atoms with Gasteiger partial charge in [0.25, 0.3) is 0 Å². The van der Waals surface area contributed by atoms with Gasteiger partial charge in [0.1, 0.15) is 0 Å². The number of epoxide rings is 4. The molecule has 2 radical (unpaired) electrons. The van der Waals surface area contributed by atoms with Gasteiger partial charge in [-0.3, -0.25) is 0 Å². The van der Waals surface area contributed by atoms with Gasteiger partial charge in [-0.15, -0.1) is 0 Å². The Morgan fingerprint density at radius 3 is 0.658 bits per heavy atom. The van der Waals surface area contributed by atoms with E-state index in [9.17, 15) is 4.12 Å². The summed E-state index contributed by atoms with van der Waals surface area (Å²) in [6.07, 6.45) is 19.6. The lowest BCUT2D eigenvalue weighted by molar-refractivity contribution is 0.0944. The molecule has 17 nitrogen and oxygen atoms in total. The van der Waals surface area contributed by atoms with Crippen LogP contribution < -0.4 is 41.5 Å². The lowest BCUT2D eigenvalue weighted by Gasteiger charge is -2.54. The Bertz CT molecular complexity index is 4110. The molecule has 16 unspecified atom stereocenters. The molecule has 10 aliphatic rings. The first-order chi connectivity index (χ1) is 56.5. The normalized spacial score (nSPS) is 33.9. The molecule has 4 saturated carbocycles. The van der Waals surface area contributed by atoms with Crippen LogP contribution in [-0.4, -0.2) is 153 Å². The zero-order chi connectivity index (χ0) is 80.1. The largest absolute Gasteiger partial charge is 0.515 e. The molecular formula is C88H116O17Si12. The highest BCUT2D eigenvalue weighted by molar-refractivity contribution is 7.07. The van der Waals surface area contributed by atoms with Crippen LogP contribution in [0.15, 0.2) is 243 Å². The maximum atomic E-state index is 9.40. The van der Waals surface area contributed by atoms with Gasteiger partial charge in [0.15, 0.2) is 33.3 Å². The van der Waals surface area contributed by atoms with Gasteiger partial charge >= 0.3 is 71.4 Å². The van der Waals surface area contributed by atoms with Crippen LogP contribution in [0.25, 0.3) is 0 Å². The summed E-state index contributed by atoms with van der Waals surface area (Å²) in [4.78, 5) is 0. The summed E-state index contributed by atoms with van der Waals surface area (Å²) in [6.45, 7) is 18.7. The Balaban J connectivity index is 0.899. The SMILES string of the molecule is C[Si](C)(CCC1CCC2OC2C1)O[Si]1(c2ccccc2)O[Si](c2ccccc2)O[Si](O[Si](C)(C)CCC2CCC3OC3C2)(c2ccccc2)O[Si](O[Si]2(c3ccccc3)O[Si](O[Si](C)(C)CCC3CCC4OC4C3)(c3ccccc3)O[Si](c3ccccc3)O[Si](O[Si](C)(C)CCC3CCC4OC4C3)(c3ccccc3)O2)(c2ccccc2)O1. The van der Waals surface area contributed by atoms with E-state index in [1.54, 1.807) is 0 Å². The summed E-state index contributed by atoms with van der Waals surface area (Å²) in [6, 6.07) is 86.3. The summed E-state index contributed by atoms with van der Waals surface area (Å²) in [5, 5.41) is 5.78. The number of hydrogen-bond acceptors (Lipinski definition) is 17. The van der Waals surface area contributed by atoms with Gasteiger partial charge in [-0.25, -0.2) is 0 Å². The molecule has 16 atom stereocenters. The highest BCUT2D eigenvalue weighted by Gasteiger charge is 2.75. The summed E-state index contributed by atoms with van der Waals surface area (Å²) in [5.74, 6) is 1.89. The zero-order valence-electron chi connectivity index (χ0n) is 69.1. The van der Waals surface area contributed by atoms with Crippen LogP contribution in [-0.2, 0) is 72.4 Å². The van der Waals surface area contributed by atoms with E-state index in [1.165, 1.54) is 0 Å². The van der Waals surface area contributed by atoms with E-state index in [1.807, 2.05) is 48.5 Å². The van der Waals surface area contributed by atoms with Gasteiger partial charge < -0.3 is 72.4 Å². The molecule has 6 saturated heterocycles. The maximum absolute atomic E-state index is 9.40. The van der Waals surface area contributed by atoms with Crippen LogP contribution in [0.3, 0.4) is 0 Å². The number of ether oxygens (including phenoxy) is 4. The second-order valence-corrected chi connectivity index (χ2v) is 76.1. The number of hydrogen-bond donors (Lipinski definition) is 0. The molecule has 6 heterocycles. The predicted octanol–water partition coefficient (Wildman–Crippen LogP) is 13.7. The fraction of sp³-hybridized carbons (Fsp3) is 0.455. The van der Waals surface area contributed by atoms with E-state index >= 15 is 0 Å². The van der Waals surface area contributed by atoms with Crippen LogP contribution in [0.5, 0.6) is 0 Å². The van der Waals surface area contributed by atoms with Gasteiger partial charge in [-0.1, -0.05) is 268 Å². The van der Waals surface area contributed by atoms with E-state index in [2.05, 4.69) is 246 Å². The molecule has 6 aliphatic heterocycles. The van der Waals surface area contributed by atoms with Crippen LogP contribution >= 0.6 is 0 Å². The molecule has 4 aliphatic carbocycles. The lowest BCUT2D eigenvalue weighted by Crippen LogP contribution is -2.85. The second kappa shape index (κ2) is 34.7. The second-order valence-electron chi connectivity index (χ2n) is 36.9. The quantitative estimate of drug-likeness (QED) is 0.0307. The molecule has 0 N–H and O–H groups in total. The third kappa shape index (κ3) is 19.6. The summed E-state index contributed by atoms with van der Waals surface area (Å²) in [7, 11) is -47.9. The minimum Gasteiger partial charge on any atom is -0.413 e. The average molecular weight is 1780 g/mol. The summed E-state index contributed by atoms with van der Waals surface area (Å²) < 4.78 is 139. The van der Waals surface area contributed by atoms with E-state index < -0.39 is 105 Å².